The lowest BCUT2D eigenvalue weighted by molar-refractivity contribution is 0.0696. The van der Waals surface area contributed by atoms with E-state index < -0.39 is 5.97 Å². The van der Waals surface area contributed by atoms with E-state index in [0.29, 0.717) is 17.0 Å². The molecule has 2 N–H and O–H groups in total. The van der Waals surface area contributed by atoms with E-state index in [0.717, 1.165) is 5.56 Å². The van der Waals surface area contributed by atoms with Crippen LogP contribution in [0.5, 0.6) is 5.75 Å². The van der Waals surface area contributed by atoms with Gasteiger partial charge in [-0.15, -0.1) is 0 Å². The van der Waals surface area contributed by atoms with Gasteiger partial charge in [0.2, 0.25) is 0 Å². The molecule has 2 rings (SSSR count). The molecule has 0 aromatic heterocycles. The third-order valence-electron chi connectivity index (χ3n) is 3.22. The van der Waals surface area contributed by atoms with Crippen LogP contribution in [0.1, 0.15) is 40.1 Å². The topological polar surface area (TPSA) is 75.6 Å². The van der Waals surface area contributed by atoms with Crippen LogP contribution in [0.3, 0.4) is 0 Å². The summed E-state index contributed by atoms with van der Waals surface area (Å²) in [6, 6.07) is 11.4. The van der Waals surface area contributed by atoms with Crippen LogP contribution < -0.4 is 10.1 Å². The summed E-state index contributed by atoms with van der Waals surface area (Å²) in [5, 5.41) is 11.8. The van der Waals surface area contributed by atoms with Gasteiger partial charge in [-0.05, 0) is 62.7 Å². The van der Waals surface area contributed by atoms with E-state index in [1.54, 1.807) is 37.3 Å². The van der Waals surface area contributed by atoms with Crippen molar-refractivity contribution >= 4 is 17.6 Å². The van der Waals surface area contributed by atoms with Gasteiger partial charge in [0.25, 0.3) is 5.91 Å². The van der Waals surface area contributed by atoms with Gasteiger partial charge in [-0.25, -0.2) is 4.79 Å². The summed E-state index contributed by atoms with van der Waals surface area (Å²) in [7, 11) is 0. The minimum atomic E-state index is -1.03. The molecule has 0 bridgehead atoms. The molecule has 0 heterocycles. The predicted octanol–water partition coefficient (Wildman–Crippen LogP) is 3.73. The number of carbonyl (C=O) groups is 2. The molecule has 0 aliphatic heterocycles. The molecule has 5 nitrogen and oxygen atoms in total. The Bertz CT molecular complexity index is 720. The molecule has 0 aliphatic carbocycles. The van der Waals surface area contributed by atoms with E-state index >= 15 is 0 Å². The Morgan fingerprint density at radius 2 is 1.65 bits per heavy atom. The number of amides is 1. The second-order valence-electron chi connectivity index (χ2n) is 5.48. The molecule has 0 saturated heterocycles. The smallest absolute Gasteiger partial charge is 0.335 e. The molecular weight excluding hydrogens is 294 g/mol. The molecule has 5 heteroatoms. The molecule has 0 fully saturated rings. The highest BCUT2D eigenvalue weighted by Crippen LogP contribution is 2.19. The van der Waals surface area contributed by atoms with E-state index in [9.17, 15) is 9.59 Å². The first-order valence-corrected chi connectivity index (χ1v) is 7.29. The van der Waals surface area contributed by atoms with Crippen LogP contribution >= 0.6 is 0 Å². The first-order chi connectivity index (χ1) is 10.9. The van der Waals surface area contributed by atoms with Gasteiger partial charge in [0.15, 0.2) is 0 Å². The number of carbonyl (C=O) groups excluding carboxylic acids is 1. The maximum Gasteiger partial charge on any atom is 0.335 e. The highest BCUT2D eigenvalue weighted by atomic mass is 16.5. The summed E-state index contributed by atoms with van der Waals surface area (Å²) in [4.78, 5) is 23.3. The largest absolute Gasteiger partial charge is 0.491 e. The Hall–Kier alpha value is -2.82. The quantitative estimate of drug-likeness (QED) is 0.882. The second-order valence-corrected chi connectivity index (χ2v) is 5.48. The van der Waals surface area contributed by atoms with Crippen molar-refractivity contribution < 1.29 is 19.4 Å². The predicted molar refractivity (Wildman–Crippen MR) is 88.3 cm³/mol. The van der Waals surface area contributed by atoms with E-state index in [4.69, 9.17) is 9.84 Å². The van der Waals surface area contributed by atoms with Gasteiger partial charge in [0, 0.05) is 11.3 Å². The van der Waals surface area contributed by atoms with Gasteiger partial charge >= 0.3 is 5.97 Å². The minimum Gasteiger partial charge on any atom is -0.491 e. The molecule has 0 radical (unpaired) electrons. The fourth-order valence-corrected chi connectivity index (χ4v) is 2.04. The van der Waals surface area contributed by atoms with Crippen molar-refractivity contribution in [2.45, 2.75) is 26.9 Å². The number of aryl methyl sites for hydroxylation is 1. The van der Waals surface area contributed by atoms with Crippen LogP contribution in [0.2, 0.25) is 0 Å². The summed E-state index contributed by atoms with van der Waals surface area (Å²) in [6.45, 7) is 5.67. The molecule has 120 valence electrons. The number of benzene rings is 2. The van der Waals surface area contributed by atoms with Gasteiger partial charge in [-0.2, -0.15) is 0 Å². The number of carboxylic acids is 1. The van der Waals surface area contributed by atoms with Crippen molar-refractivity contribution in [2.24, 2.45) is 0 Å². The van der Waals surface area contributed by atoms with E-state index in [2.05, 4.69) is 5.32 Å². The van der Waals surface area contributed by atoms with Crippen molar-refractivity contribution in [2.75, 3.05) is 5.32 Å². The summed E-state index contributed by atoms with van der Waals surface area (Å²) in [5.41, 5.74) is 1.88. The van der Waals surface area contributed by atoms with E-state index in [1.807, 2.05) is 13.8 Å². The third kappa shape index (κ3) is 4.32. The number of carboxylic acid groups (broad SMARTS) is 1. The Balaban J connectivity index is 2.15. The SMILES string of the molecule is Cc1ccc(C(=O)O)cc1NC(=O)c1ccc(OC(C)C)cc1. The van der Waals surface area contributed by atoms with Gasteiger partial charge < -0.3 is 15.2 Å². The van der Waals surface area contributed by atoms with Crippen molar-refractivity contribution in [1.29, 1.82) is 0 Å². The normalized spacial score (nSPS) is 10.4. The minimum absolute atomic E-state index is 0.0658. The Labute approximate surface area is 134 Å². The number of nitrogens with one attached hydrogen (secondary N) is 1. The molecular formula is C18H19NO4. The average Bonchev–Trinajstić information content (AvgIpc) is 2.49. The zero-order valence-electron chi connectivity index (χ0n) is 13.3. The lowest BCUT2D eigenvalue weighted by Gasteiger charge is -2.11. The lowest BCUT2D eigenvalue weighted by Crippen LogP contribution is -2.13. The number of ether oxygens (including phenoxy) is 1. The number of hydrogen-bond donors (Lipinski definition) is 2. The maximum atomic E-state index is 12.3. The number of anilines is 1. The van der Waals surface area contributed by atoms with Crippen molar-refractivity contribution in [3.8, 4) is 5.75 Å². The van der Waals surface area contributed by atoms with E-state index in [1.165, 1.54) is 12.1 Å². The number of aromatic carboxylic acids is 1. The van der Waals surface area contributed by atoms with Crippen LogP contribution in [-0.2, 0) is 0 Å². The summed E-state index contributed by atoms with van der Waals surface area (Å²) >= 11 is 0. The fourth-order valence-electron chi connectivity index (χ4n) is 2.04. The second kappa shape index (κ2) is 6.96. The van der Waals surface area contributed by atoms with E-state index in [-0.39, 0.29) is 17.6 Å². The molecule has 2 aromatic rings. The van der Waals surface area contributed by atoms with Crippen molar-refractivity contribution in [3.05, 3.63) is 59.2 Å². The molecule has 0 atom stereocenters. The van der Waals surface area contributed by atoms with Crippen molar-refractivity contribution in [1.82, 2.24) is 0 Å². The van der Waals surface area contributed by atoms with Crippen LogP contribution in [0, 0.1) is 6.92 Å². The van der Waals surface area contributed by atoms with Crippen LogP contribution in [-0.4, -0.2) is 23.1 Å². The first kappa shape index (κ1) is 16.5. The zero-order valence-corrected chi connectivity index (χ0v) is 13.3. The first-order valence-electron chi connectivity index (χ1n) is 7.29. The van der Waals surface area contributed by atoms with Crippen molar-refractivity contribution in [3.63, 3.8) is 0 Å². The Morgan fingerprint density at radius 1 is 1.04 bits per heavy atom. The van der Waals surface area contributed by atoms with Gasteiger partial charge in [-0.3, -0.25) is 4.79 Å². The van der Waals surface area contributed by atoms with Gasteiger partial charge in [0.1, 0.15) is 5.75 Å². The standard InChI is InChI=1S/C18H19NO4/c1-11(2)23-15-8-6-13(7-9-15)17(20)19-16-10-14(18(21)22)5-4-12(16)3/h4-11H,1-3H3,(H,19,20)(H,21,22). The molecule has 1 amide bonds. The highest BCUT2D eigenvalue weighted by molar-refractivity contribution is 6.05. The average molecular weight is 313 g/mol. The maximum absolute atomic E-state index is 12.3. The molecule has 23 heavy (non-hydrogen) atoms. The summed E-state index contributed by atoms with van der Waals surface area (Å²) in [5.74, 6) is -0.636. The Morgan fingerprint density at radius 3 is 2.22 bits per heavy atom. The number of rotatable bonds is 5. The van der Waals surface area contributed by atoms with Crippen LogP contribution in [0.4, 0.5) is 5.69 Å². The molecule has 2 aromatic carbocycles. The molecule has 0 aliphatic rings. The van der Waals surface area contributed by atoms with Gasteiger partial charge in [-0.1, -0.05) is 6.07 Å². The van der Waals surface area contributed by atoms with Crippen LogP contribution in [0.25, 0.3) is 0 Å². The Kier molecular flexibility index (Phi) is 5.01. The number of hydrogen-bond acceptors (Lipinski definition) is 3. The zero-order chi connectivity index (χ0) is 17.0. The lowest BCUT2D eigenvalue weighted by atomic mass is 10.1. The molecule has 0 spiro atoms. The fraction of sp³-hybridized carbons (Fsp3) is 0.222. The third-order valence-corrected chi connectivity index (χ3v) is 3.22. The molecule has 0 saturated carbocycles. The summed E-state index contributed by atoms with van der Waals surface area (Å²) in [6.07, 6.45) is 0.0658. The highest BCUT2D eigenvalue weighted by Gasteiger charge is 2.11. The summed E-state index contributed by atoms with van der Waals surface area (Å²) < 4.78 is 5.53. The van der Waals surface area contributed by atoms with Gasteiger partial charge in [0.05, 0.1) is 11.7 Å². The molecule has 0 unspecified atom stereocenters. The monoisotopic (exact) mass is 313 g/mol. The van der Waals surface area contributed by atoms with Crippen LogP contribution in [0.15, 0.2) is 42.5 Å².